The lowest BCUT2D eigenvalue weighted by molar-refractivity contribution is -0.125. The molecule has 0 saturated heterocycles. The number of furan rings is 1. The van der Waals surface area contributed by atoms with Gasteiger partial charge in [-0.25, -0.2) is 9.48 Å². The molecule has 164 valence electrons. The molecule has 0 radical (unpaired) electrons. The summed E-state index contributed by atoms with van der Waals surface area (Å²) in [5.74, 6) is -0.615. The van der Waals surface area contributed by atoms with Crippen LogP contribution in [0.3, 0.4) is 0 Å². The van der Waals surface area contributed by atoms with Gasteiger partial charge in [0.2, 0.25) is 0 Å². The van der Waals surface area contributed by atoms with E-state index in [0.717, 1.165) is 25.7 Å². The zero-order chi connectivity index (χ0) is 22.2. The second-order valence-electron chi connectivity index (χ2n) is 7.36. The Morgan fingerprint density at radius 1 is 1.13 bits per heavy atom. The Balaban J connectivity index is 1.72. The maximum absolute atomic E-state index is 12.7. The van der Waals surface area contributed by atoms with E-state index >= 15 is 0 Å². The highest BCUT2D eigenvalue weighted by atomic mass is 16.5. The van der Waals surface area contributed by atoms with Gasteiger partial charge in [-0.15, -0.1) is 0 Å². The molecule has 0 spiro atoms. The molecule has 2 heterocycles. The Kier molecular flexibility index (Phi) is 7.59. The number of aromatic nitrogens is 2. The number of nitrogens with zero attached hydrogens (tertiary/aromatic N) is 2. The van der Waals surface area contributed by atoms with Gasteiger partial charge in [-0.3, -0.25) is 9.59 Å². The summed E-state index contributed by atoms with van der Waals surface area (Å²) in [5, 5.41) is 7.77. The molecule has 1 amide bonds. The Hall–Kier alpha value is -3.42. The van der Waals surface area contributed by atoms with Gasteiger partial charge in [-0.05, 0) is 31.5 Å². The molecule has 0 saturated carbocycles. The number of unbranched alkanes of at least 4 members (excludes halogenated alkanes) is 3. The third-order valence-corrected chi connectivity index (χ3v) is 4.97. The fourth-order valence-corrected chi connectivity index (χ4v) is 3.32. The molecule has 8 heteroatoms. The zero-order valence-corrected chi connectivity index (χ0v) is 17.8. The van der Waals surface area contributed by atoms with Crippen LogP contribution >= 0.6 is 0 Å². The maximum Gasteiger partial charge on any atom is 0.359 e. The molecule has 31 heavy (non-hydrogen) atoms. The van der Waals surface area contributed by atoms with Gasteiger partial charge in [0.25, 0.3) is 11.5 Å². The highest BCUT2D eigenvalue weighted by Crippen LogP contribution is 2.15. The molecular weight excluding hydrogens is 398 g/mol. The number of rotatable bonds is 10. The van der Waals surface area contributed by atoms with Crippen molar-refractivity contribution in [3.8, 4) is 0 Å². The fourth-order valence-electron chi connectivity index (χ4n) is 3.32. The van der Waals surface area contributed by atoms with Crippen molar-refractivity contribution in [1.82, 2.24) is 15.1 Å². The van der Waals surface area contributed by atoms with E-state index in [-0.39, 0.29) is 17.3 Å². The molecule has 0 aliphatic carbocycles. The summed E-state index contributed by atoms with van der Waals surface area (Å²) in [6.07, 6.45) is 5.44. The van der Waals surface area contributed by atoms with E-state index < -0.39 is 18.5 Å². The molecule has 0 aliphatic rings. The molecule has 0 fully saturated rings. The number of ether oxygens (including phenoxy) is 1. The van der Waals surface area contributed by atoms with E-state index in [4.69, 9.17) is 9.15 Å². The van der Waals surface area contributed by atoms with Gasteiger partial charge >= 0.3 is 5.97 Å². The van der Waals surface area contributed by atoms with Crippen LogP contribution in [0, 0.1) is 0 Å². The zero-order valence-electron chi connectivity index (χ0n) is 17.8. The standard InChI is InChI=1S/C23H27N3O5/c1-3-4-5-8-13-26-22(28)18-11-7-6-10-17(18)21(25-26)23(29)31-15-20(27)24-16(2)19-12-9-14-30-19/h6-7,9-12,14,16H,3-5,8,13,15H2,1-2H3,(H,24,27)/t16-/m1/s1. The predicted molar refractivity (Wildman–Crippen MR) is 116 cm³/mol. The molecular formula is C23H27N3O5. The van der Waals surface area contributed by atoms with Gasteiger partial charge in [0.05, 0.1) is 17.7 Å². The van der Waals surface area contributed by atoms with E-state index in [9.17, 15) is 14.4 Å². The van der Waals surface area contributed by atoms with Crippen LogP contribution in [0.2, 0.25) is 0 Å². The number of carbonyl (C=O) groups excluding carboxylic acids is 2. The number of nitrogens with one attached hydrogen (secondary N) is 1. The minimum Gasteiger partial charge on any atom is -0.467 e. The molecule has 3 rings (SSSR count). The monoisotopic (exact) mass is 425 g/mol. The van der Waals surface area contributed by atoms with Crippen molar-refractivity contribution in [3.63, 3.8) is 0 Å². The molecule has 0 bridgehead atoms. The minimum atomic E-state index is -0.751. The SMILES string of the molecule is CCCCCCn1nc(C(=O)OCC(=O)N[C@H](C)c2ccco2)c2ccccc2c1=O. The van der Waals surface area contributed by atoms with Crippen LogP contribution in [0.15, 0.2) is 51.9 Å². The largest absolute Gasteiger partial charge is 0.467 e. The van der Waals surface area contributed by atoms with E-state index in [1.807, 2.05) is 0 Å². The Bertz CT molecular complexity index is 1090. The van der Waals surface area contributed by atoms with E-state index in [1.165, 1.54) is 10.9 Å². The minimum absolute atomic E-state index is 0.0255. The van der Waals surface area contributed by atoms with Crippen molar-refractivity contribution in [2.75, 3.05) is 6.61 Å². The molecule has 1 aromatic carbocycles. The smallest absolute Gasteiger partial charge is 0.359 e. The van der Waals surface area contributed by atoms with Gasteiger partial charge in [-0.2, -0.15) is 5.10 Å². The van der Waals surface area contributed by atoms with Crippen molar-refractivity contribution in [1.29, 1.82) is 0 Å². The van der Waals surface area contributed by atoms with Crippen LogP contribution in [0.5, 0.6) is 0 Å². The molecule has 0 unspecified atom stereocenters. The lowest BCUT2D eigenvalue weighted by Gasteiger charge is -2.13. The van der Waals surface area contributed by atoms with Crippen LogP contribution in [0.25, 0.3) is 10.8 Å². The van der Waals surface area contributed by atoms with Crippen LogP contribution in [0.1, 0.15) is 61.8 Å². The Morgan fingerprint density at radius 3 is 2.61 bits per heavy atom. The van der Waals surface area contributed by atoms with Crippen molar-refractivity contribution in [2.24, 2.45) is 0 Å². The highest BCUT2D eigenvalue weighted by Gasteiger charge is 2.20. The van der Waals surface area contributed by atoms with Gasteiger partial charge in [0.1, 0.15) is 5.76 Å². The molecule has 1 atom stereocenters. The van der Waals surface area contributed by atoms with Gasteiger partial charge < -0.3 is 14.5 Å². The number of hydrogen-bond acceptors (Lipinski definition) is 6. The van der Waals surface area contributed by atoms with Crippen molar-refractivity contribution in [3.05, 3.63) is 64.5 Å². The first-order chi connectivity index (χ1) is 15.0. The van der Waals surface area contributed by atoms with Crippen molar-refractivity contribution in [2.45, 2.75) is 52.1 Å². The fraction of sp³-hybridized carbons (Fsp3) is 0.391. The number of aryl methyl sites for hydroxylation is 1. The van der Waals surface area contributed by atoms with Crippen LogP contribution in [-0.4, -0.2) is 28.3 Å². The summed E-state index contributed by atoms with van der Waals surface area (Å²) in [5.41, 5.74) is -0.216. The number of carbonyl (C=O) groups is 2. The lowest BCUT2D eigenvalue weighted by atomic mass is 10.1. The summed E-state index contributed by atoms with van der Waals surface area (Å²) in [7, 11) is 0. The quantitative estimate of drug-likeness (QED) is 0.393. The summed E-state index contributed by atoms with van der Waals surface area (Å²) in [4.78, 5) is 37.6. The van der Waals surface area contributed by atoms with E-state index in [0.29, 0.717) is 23.1 Å². The van der Waals surface area contributed by atoms with Crippen LogP contribution < -0.4 is 10.9 Å². The molecule has 8 nitrogen and oxygen atoms in total. The third-order valence-electron chi connectivity index (χ3n) is 4.97. The Labute approximate surface area is 180 Å². The predicted octanol–water partition coefficient (Wildman–Crippen LogP) is 3.60. The summed E-state index contributed by atoms with van der Waals surface area (Å²) >= 11 is 0. The average molecular weight is 425 g/mol. The first-order valence-corrected chi connectivity index (χ1v) is 10.5. The first-order valence-electron chi connectivity index (χ1n) is 10.5. The van der Waals surface area contributed by atoms with Gasteiger partial charge in [0, 0.05) is 11.9 Å². The summed E-state index contributed by atoms with van der Waals surface area (Å²) in [6, 6.07) is 9.90. The van der Waals surface area contributed by atoms with Gasteiger partial charge in [-0.1, -0.05) is 44.4 Å². The van der Waals surface area contributed by atoms with E-state index in [1.54, 1.807) is 43.3 Å². The second kappa shape index (κ2) is 10.6. The molecule has 0 aliphatic heterocycles. The highest BCUT2D eigenvalue weighted by molar-refractivity contribution is 6.02. The topological polar surface area (TPSA) is 103 Å². The molecule has 3 aromatic rings. The second-order valence-corrected chi connectivity index (χ2v) is 7.36. The van der Waals surface area contributed by atoms with Crippen LogP contribution in [-0.2, 0) is 16.1 Å². The summed E-state index contributed by atoms with van der Waals surface area (Å²) < 4.78 is 11.8. The number of amides is 1. The third kappa shape index (κ3) is 5.59. The number of esters is 1. The molecule has 1 N–H and O–H groups in total. The molecule has 2 aromatic heterocycles. The normalized spacial score (nSPS) is 11.9. The Morgan fingerprint density at radius 2 is 1.90 bits per heavy atom. The van der Waals surface area contributed by atoms with E-state index in [2.05, 4.69) is 17.3 Å². The van der Waals surface area contributed by atoms with Crippen LogP contribution in [0.4, 0.5) is 0 Å². The lowest BCUT2D eigenvalue weighted by Crippen LogP contribution is -2.32. The number of benzene rings is 1. The van der Waals surface area contributed by atoms with Crippen molar-refractivity contribution >= 4 is 22.6 Å². The maximum atomic E-state index is 12.7. The average Bonchev–Trinajstić information content (AvgIpc) is 3.32. The number of fused-ring (bicyclic) bond motifs is 1. The summed E-state index contributed by atoms with van der Waals surface area (Å²) in [6.45, 7) is 3.84. The van der Waals surface area contributed by atoms with Gasteiger partial charge in [0.15, 0.2) is 12.3 Å². The first kappa shape index (κ1) is 22.3. The number of hydrogen-bond donors (Lipinski definition) is 1. The van der Waals surface area contributed by atoms with Crippen molar-refractivity contribution < 1.29 is 18.7 Å².